The van der Waals surface area contributed by atoms with Crippen LogP contribution in [0.25, 0.3) is 0 Å². The van der Waals surface area contributed by atoms with Crippen molar-refractivity contribution in [3.05, 3.63) is 40.5 Å². The quantitative estimate of drug-likeness (QED) is 0.776. The number of nitrogens with one attached hydrogen (secondary N) is 1. The summed E-state index contributed by atoms with van der Waals surface area (Å²) in [5, 5.41) is 16.3. The molecule has 0 spiro atoms. The van der Waals surface area contributed by atoms with Crippen molar-refractivity contribution in [1.82, 2.24) is 9.78 Å². The van der Waals surface area contributed by atoms with E-state index in [1.165, 1.54) is 12.1 Å². The van der Waals surface area contributed by atoms with Gasteiger partial charge < -0.3 is 15.2 Å². The number of aromatic nitrogens is 2. The van der Waals surface area contributed by atoms with Crippen LogP contribution in [0.15, 0.2) is 34.9 Å². The van der Waals surface area contributed by atoms with Crippen LogP contribution in [-0.2, 0) is 9.53 Å². The van der Waals surface area contributed by atoms with E-state index in [1.54, 1.807) is 23.0 Å². The highest BCUT2D eigenvalue weighted by molar-refractivity contribution is 9.10. The average molecular weight is 382 g/mol. The number of halogens is 1. The fourth-order valence-corrected chi connectivity index (χ4v) is 2.25. The third-order valence-electron chi connectivity index (χ3n) is 2.94. The molecule has 8 heteroatoms. The first kappa shape index (κ1) is 17.0. The van der Waals surface area contributed by atoms with Crippen LogP contribution >= 0.6 is 15.9 Å². The number of phenols is 1. The highest BCUT2D eigenvalue weighted by Crippen LogP contribution is 2.22. The Kier molecular flexibility index (Phi) is 5.38. The van der Waals surface area contributed by atoms with Crippen molar-refractivity contribution in [1.29, 1.82) is 0 Å². The molecule has 0 saturated carbocycles. The van der Waals surface area contributed by atoms with Crippen LogP contribution in [0.1, 0.15) is 30.2 Å². The molecule has 0 bridgehead atoms. The summed E-state index contributed by atoms with van der Waals surface area (Å²) in [5.41, 5.74) is -0.0144. The smallest absolute Gasteiger partial charge is 0.342 e. The first-order valence-corrected chi connectivity index (χ1v) is 7.66. The van der Waals surface area contributed by atoms with Crippen molar-refractivity contribution < 1.29 is 19.4 Å². The molecule has 1 aromatic carbocycles. The maximum atomic E-state index is 11.9. The number of carbonyl (C=O) groups is 2. The zero-order chi connectivity index (χ0) is 17.0. The Morgan fingerprint density at radius 3 is 2.83 bits per heavy atom. The lowest BCUT2D eigenvalue weighted by Crippen LogP contribution is -2.23. The molecule has 0 saturated heterocycles. The predicted molar refractivity (Wildman–Crippen MR) is 87.3 cm³/mol. The molecular formula is C15H16BrN3O4. The fraction of sp³-hybridized carbons (Fsp3) is 0.267. The molecule has 0 fully saturated rings. The summed E-state index contributed by atoms with van der Waals surface area (Å²) < 4.78 is 7.17. The van der Waals surface area contributed by atoms with E-state index < -0.39 is 18.5 Å². The molecule has 0 unspecified atom stereocenters. The molecule has 23 heavy (non-hydrogen) atoms. The number of benzene rings is 1. The molecule has 1 heterocycles. The van der Waals surface area contributed by atoms with Crippen LogP contribution in [0.2, 0.25) is 0 Å². The van der Waals surface area contributed by atoms with Crippen molar-refractivity contribution in [2.75, 3.05) is 11.9 Å². The number of hydrogen-bond donors (Lipinski definition) is 2. The van der Waals surface area contributed by atoms with E-state index in [9.17, 15) is 14.7 Å². The predicted octanol–water partition coefficient (Wildman–Crippen LogP) is 2.73. The van der Waals surface area contributed by atoms with Gasteiger partial charge in [-0.2, -0.15) is 5.10 Å². The molecule has 2 N–H and O–H groups in total. The second-order valence-electron chi connectivity index (χ2n) is 5.04. The number of esters is 1. The topological polar surface area (TPSA) is 93.5 Å². The Bertz CT molecular complexity index is 727. The van der Waals surface area contributed by atoms with Gasteiger partial charge in [0.1, 0.15) is 17.1 Å². The molecule has 7 nitrogen and oxygen atoms in total. The van der Waals surface area contributed by atoms with Crippen molar-refractivity contribution in [2.24, 2.45) is 0 Å². The molecule has 0 aliphatic heterocycles. The number of hydrogen-bond acceptors (Lipinski definition) is 5. The summed E-state index contributed by atoms with van der Waals surface area (Å²) in [6, 6.07) is 6.11. The molecule has 0 aliphatic carbocycles. The Balaban J connectivity index is 1.95. The first-order chi connectivity index (χ1) is 10.9. The monoisotopic (exact) mass is 381 g/mol. The molecular weight excluding hydrogens is 366 g/mol. The third-order valence-corrected chi connectivity index (χ3v) is 3.43. The summed E-state index contributed by atoms with van der Waals surface area (Å²) >= 11 is 3.20. The minimum absolute atomic E-state index is 0.0144. The SMILES string of the molecule is CC(C)n1nccc1NC(=O)COC(=O)c1cc(Br)ccc1O. The molecule has 122 valence electrons. The summed E-state index contributed by atoms with van der Waals surface area (Å²) in [6.45, 7) is 3.39. The highest BCUT2D eigenvalue weighted by atomic mass is 79.9. The van der Waals surface area contributed by atoms with E-state index in [0.717, 1.165) is 0 Å². The van der Waals surface area contributed by atoms with Crippen molar-refractivity contribution in [3.8, 4) is 5.75 Å². The zero-order valence-corrected chi connectivity index (χ0v) is 14.2. The number of ether oxygens (including phenoxy) is 1. The largest absolute Gasteiger partial charge is 0.507 e. The summed E-state index contributed by atoms with van der Waals surface area (Å²) in [4.78, 5) is 23.8. The number of carbonyl (C=O) groups excluding carboxylic acids is 2. The van der Waals surface area contributed by atoms with Crippen LogP contribution in [0, 0.1) is 0 Å². The van der Waals surface area contributed by atoms with Gasteiger partial charge in [0, 0.05) is 16.6 Å². The minimum atomic E-state index is -0.781. The van der Waals surface area contributed by atoms with Gasteiger partial charge in [-0.1, -0.05) is 15.9 Å². The Morgan fingerprint density at radius 2 is 2.13 bits per heavy atom. The molecule has 0 aliphatic rings. The van der Waals surface area contributed by atoms with Crippen LogP contribution < -0.4 is 5.32 Å². The summed E-state index contributed by atoms with van der Waals surface area (Å²) in [5.74, 6) is -0.964. The standard InChI is InChI=1S/C15H16BrN3O4/c1-9(2)19-13(5-6-17-19)18-14(21)8-23-15(22)11-7-10(16)3-4-12(11)20/h3-7,9,20H,8H2,1-2H3,(H,18,21). The lowest BCUT2D eigenvalue weighted by atomic mass is 10.2. The second-order valence-corrected chi connectivity index (χ2v) is 5.96. The number of nitrogens with zero attached hydrogens (tertiary/aromatic N) is 2. The van der Waals surface area contributed by atoms with Gasteiger partial charge in [0.15, 0.2) is 6.61 Å². The Labute approximate surface area is 141 Å². The number of aromatic hydroxyl groups is 1. The second kappa shape index (κ2) is 7.28. The summed E-state index contributed by atoms with van der Waals surface area (Å²) in [6.07, 6.45) is 1.57. The average Bonchev–Trinajstić information content (AvgIpc) is 2.95. The van der Waals surface area contributed by atoms with Crippen LogP contribution in [0.3, 0.4) is 0 Å². The van der Waals surface area contributed by atoms with Crippen LogP contribution in [0.4, 0.5) is 5.82 Å². The first-order valence-electron chi connectivity index (χ1n) is 6.87. The normalized spacial score (nSPS) is 10.6. The van der Waals surface area contributed by atoms with Gasteiger partial charge in [0.2, 0.25) is 0 Å². The third kappa shape index (κ3) is 4.32. The maximum Gasteiger partial charge on any atom is 0.342 e. The molecule has 1 aromatic heterocycles. The zero-order valence-electron chi connectivity index (χ0n) is 12.6. The van der Waals surface area contributed by atoms with Gasteiger partial charge in [-0.15, -0.1) is 0 Å². The maximum absolute atomic E-state index is 11.9. The van der Waals surface area contributed by atoms with Gasteiger partial charge in [-0.3, -0.25) is 4.79 Å². The lowest BCUT2D eigenvalue weighted by Gasteiger charge is -2.12. The van der Waals surface area contributed by atoms with Gasteiger partial charge >= 0.3 is 5.97 Å². The van der Waals surface area contributed by atoms with Gasteiger partial charge in [0.25, 0.3) is 5.91 Å². The lowest BCUT2D eigenvalue weighted by molar-refractivity contribution is -0.119. The molecule has 2 aromatic rings. The van der Waals surface area contributed by atoms with Crippen LogP contribution in [-0.4, -0.2) is 33.4 Å². The van der Waals surface area contributed by atoms with Crippen molar-refractivity contribution >= 4 is 33.6 Å². The minimum Gasteiger partial charge on any atom is -0.507 e. The van der Waals surface area contributed by atoms with Crippen LogP contribution in [0.5, 0.6) is 5.75 Å². The van der Waals surface area contributed by atoms with E-state index in [4.69, 9.17) is 4.74 Å². The van der Waals surface area contributed by atoms with Gasteiger partial charge in [-0.25, -0.2) is 9.48 Å². The Morgan fingerprint density at radius 1 is 1.39 bits per heavy atom. The number of rotatable bonds is 5. The highest BCUT2D eigenvalue weighted by Gasteiger charge is 2.16. The number of amides is 1. The van der Waals surface area contributed by atoms with E-state index in [1.807, 2.05) is 13.8 Å². The molecule has 0 radical (unpaired) electrons. The number of anilines is 1. The van der Waals surface area contributed by atoms with Crippen molar-refractivity contribution in [2.45, 2.75) is 19.9 Å². The van der Waals surface area contributed by atoms with E-state index in [0.29, 0.717) is 10.3 Å². The van der Waals surface area contributed by atoms with E-state index in [-0.39, 0.29) is 17.4 Å². The van der Waals surface area contributed by atoms with Gasteiger partial charge in [-0.05, 0) is 32.0 Å². The van der Waals surface area contributed by atoms with Gasteiger partial charge in [0.05, 0.1) is 6.20 Å². The number of phenolic OH excluding ortho intramolecular Hbond substituents is 1. The summed E-state index contributed by atoms with van der Waals surface area (Å²) in [7, 11) is 0. The molecule has 0 atom stereocenters. The molecule has 1 amide bonds. The fourth-order valence-electron chi connectivity index (χ4n) is 1.88. The van der Waals surface area contributed by atoms with Crippen molar-refractivity contribution in [3.63, 3.8) is 0 Å². The van der Waals surface area contributed by atoms with E-state index >= 15 is 0 Å². The van der Waals surface area contributed by atoms with E-state index in [2.05, 4.69) is 26.3 Å². The Hall–Kier alpha value is -2.35. The molecule has 2 rings (SSSR count).